The van der Waals surface area contributed by atoms with Crippen LogP contribution in [0.3, 0.4) is 0 Å². The van der Waals surface area contributed by atoms with E-state index < -0.39 is 0 Å². The van der Waals surface area contributed by atoms with Gasteiger partial charge in [0.05, 0.1) is 17.6 Å². The van der Waals surface area contributed by atoms with Crippen molar-refractivity contribution in [3.63, 3.8) is 0 Å². The molecular weight excluding hydrogens is 490 g/mol. The Morgan fingerprint density at radius 1 is 1.15 bits per heavy atom. The van der Waals surface area contributed by atoms with Gasteiger partial charge < -0.3 is 26.2 Å². The third-order valence-electron chi connectivity index (χ3n) is 7.24. The van der Waals surface area contributed by atoms with Gasteiger partial charge in [0.2, 0.25) is 5.91 Å². The average molecular weight is 532 g/mol. The number of nitrogens with one attached hydrogen (secondary N) is 2. The van der Waals surface area contributed by atoms with E-state index in [4.69, 9.17) is 5.73 Å². The number of hydrogen-bond donors (Lipinski definition) is 3. The highest BCUT2D eigenvalue weighted by molar-refractivity contribution is 6.07. The number of anilines is 1. The van der Waals surface area contributed by atoms with Crippen molar-refractivity contribution in [2.24, 2.45) is 10.7 Å². The van der Waals surface area contributed by atoms with Gasteiger partial charge in [-0.2, -0.15) is 0 Å². The molecule has 1 aromatic carbocycles. The van der Waals surface area contributed by atoms with Gasteiger partial charge in [0, 0.05) is 61.5 Å². The molecule has 2 aliphatic rings. The van der Waals surface area contributed by atoms with Gasteiger partial charge in [-0.15, -0.1) is 0 Å². The van der Waals surface area contributed by atoms with Crippen LogP contribution in [0.5, 0.6) is 0 Å². The van der Waals surface area contributed by atoms with Gasteiger partial charge in [-0.1, -0.05) is 19.9 Å². The van der Waals surface area contributed by atoms with E-state index >= 15 is 0 Å². The van der Waals surface area contributed by atoms with E-state index in [0.717, 1.165) is 37.1 Å². The highest BCUT2D eigenvalue weighted by Gasteiger charge is 2.22. The van der Waals surface area contributed by atoms with E-state index in [0.29, 0.717) is 54.0 Å². The highest BCUT2D eigenvalue weighted by atomic mass is 16.2. The molecule has 2 aliphatic heterocycles. The largest absolute Gasteiger partial charge is 0.387 e. The fourth-order valence-corrected chi connectivity index (χ4v) is 5.20. The molecule has 2 aromatic rings. The number of likely N-dealkylation sites (N-methyl/N-ethyl adjacent to an activating group) is 1. The number of carbonyl (C=O) groups is 2. The number of benzene rings is 1. The van der Waals surface area contributed by atoms with Crippen LogP contribution < -0.4 is 16.4 Å². The summed E-state index contributed by atoms with van der Waals surface area (Å²) in [4.78, 5) is 39.4. The van der Waals surface area contributed by atoms with Gasteiger partial charge in [-0.25, -0.2) is 4.99 Å². The van der Waals surface area contributed by atoms with E-state index in [1.54, 1.807) is 18.3 Å². The third kappa shape index (κ3) is 7.52. The number of nitrogens with two attached hydrogens (primary N) is 1. The van der Waals surface area contributed by atoms with E-state index in [1.165, 1.54) is 12.8 Å². The van der Waals surface area contributed by atoms with Crippen molar-refractivity contribution < 1.29 is 9.59 Å². The van der Waals surface area contributed by atoms with Crippen molar-refractivity contribution in [2.75, 3.05) is 38.5 Å². The van der Waals surface area contributed by atoms with Gasteiger partial charge in [-0.3, -0.25) is 14.6 Å². The van der Waals surface area contributed by atoms with E-state index in [-0.39, 0.29) is 18.2 Å². The summed E-state index contributed by atoms with van der Waals surface area (Å²) in [7, 11) is 2.17. The summed E-state index contributed by atoms with van der Waals surface area (Å²) < 4.78 is 0. The third-order valence-corrected chi connectivity index (χ3v) is 7.24. The Bertz CT molecular complexity index is 1230. The maximum absolute atomic E-state index is 13.2. The zero-order valence-electron chi connectivity index (χ0n) is 23.4. The first kappa shape index (κ1) is 28.4. The molecule has 0 bridgehead atoms. The molecule has 0 aliphatic carbocycles. The van der Waals surface area contributed by atoms with Crippen LogP contribution in [-0.4, -0.2) is 71.7 Å². The fourth-order valence-electron chi connectivity index (χ4n) is 5.20. The Labute approximate surface area is 231 Å². The molecule has 4 N–H and O–H groups in total. The molecule has 0 spiro atoms. The maximum atomic E-state index is 13.2. The second kappa shape index (κ2) is 13.5. The second-order valence-corrected chi connectivity index (χ2v) is 10.5. The van der Waals surface area contributed by atoms with Gasteiger partial charge in [0.25, 0.3) is 5.91 Å². The molecule has 1 atom stereocenters. The predicted molar refractivity (Wildman–Crippen MR) is 157 cm³/mol. The lowest BCUT2D eigenvalue weighted by molar-refractivity contribution is -0.127. The number of nitrogens with zero attached hydrogens (tertiary/aromatic N) is 4. The van der Waals surface area contributed by atoms with Gasteiger partial charge in [0.1, 0.15) is 5.84 Å². The molecule has 1 unspecified atom stereocenters. The zero-order chi connectivity index (χ0) is 27.8. The molecule has 1 aromatic heterocycles. The molecule has 3 heterocycles. The van der Waals surface area contributed by atoms with Crippen LogP contribution in [-0.2, 0) is 11.3 Å². The smallest absolute Gasteiger partial charge is 0.255 e. The minimum Gasteiger partial charge on any atom is -0.387 e. The summed E-state index contributed by atoms with van der Waals surface area (Å²) in [6, 6.07) is 7.79. The summed E-state index contributed by atoms with van der Waals surface area (Å²) in [5.74, 6) is 0.0864. The van der Waals surface area contributed by atoms with Crippen LogP contribution in [0.4, 0.5) is 11.4 Å². The van der Waals surface area contributed by atoms with Gasteiger partial charge >= 0.3 is 0 Å². The first-order chi connectivity index (χ1) is 18.9. The number of amides is 2. The van der Waals surface area contributed by atoms with Crippen LogP contribution in [0.15, 0.2) is 47.2 Å². The standard InChI is InChI=1S/C30H41N7O2/c1-4-10-37(11-5-2)30(39)24-14-22-8-9-23(15-27(22)35-28(31)16-24)29(38)34-25-13-21(17-32-19-25)18-33-20-26-7-6-12-36(26)3/h8-9,13-15,17,19,26,33H,4-7,10-12,16,18,20H2,1-3H3,(H2,31,35)(H,34,38). The molecular formula is C30H41N7O2. The lowest BCUT2D eigenvalue weighted by atomic mass is 10.0. The van der Waals surface area contributed by atoms with Crippen LogP contribution in [0.25, 0.3) is 6.08 Å². The highest BCUT2D eigenvalue weighted by Crippen LogP contribution is 2.29. The lowest BCUT2D eigenvalue weighted by Crippen LogP contribution is -2.35. The van der Waals surface area contributed by atoms with Crippen molar-refractivity contribution in [2.45, 2.75) is 58.5 Å². The minimum absolute atomic E-state index is 0.0105. The zero-order valence-corrected chi connectivity index (χ0v) is 23.4. The molecule has 2 amide bonds. The fraction of sp³-hybridized carbons (Fsp3) is 0.467. The molecule has 4 rings (SSSR count). The van der Waals surface area contributed by atoms with Crippen LogP contribution in [0.2, 0.25) is 0 Å². The lowest BCUT2D eigenvalue weighted by Gasteiger charge is -2.22. The van der Waals surface area contributed by atoms with Crippen molar-refractivity contribution >= 4 is 35.1 Å². The van der Waals surface area contributed by atoms with Crippen LogP contribution in [0, 0.1) is 0 Å². The molecule has 0 radical (unpaired) electrons. The molecule has 0 saturated carbocycles. The van der Waals surface area contributed by atoms with E-state index in [2.05, 4.69) is 46.4 Å². The number of likely N-dealkylation sites (tertiary alicyclic amines) is 1. The number of hydrogen-bond acceptors (Lipinski definition) is 7. The van der Waals surface area contributed by atoms with Crippen molar-refractivity contribution in [3.8, 4) is 0 Å². The quantitative estimate of drug-likeness (QED) is 0.405. The molecule has 1 fully saturated rings. The molecule has 1 saturated heterocycles. The van der Waals surface area contributed by atoms with Crippen LogP contribution in [0.1, 0.15) is 67.4 Å². The Morgan fingerprint density at radius 2 is 1.95 bits per heavy atom. The molecule has 9 heteroatoms. The number of fused-ring (bicyclic) bond motifs is 1. The average Bonchev–Trinajstić information content (AvgIpc) is 3.24. The Hall–Kier alpha value is -3.56. The van der Waals surface area contributed by atoms with E-state index in [1.807, 2.05) is 29.3 Å². The number of pyridine rings is 1. The Balaban J connectivity index is 1.43. The minimum atomic E-state index is -0.257. The first-order valence-corrected chi connectivity index (χ1v) is 14.0. The number of rotatable bonds is 11. The SMILES string of the molecule is CCCN(CCC)C(=O)C1=Cc2ccc(C(=O)Nc3cncc(CNCC4CCCN4C)c3)cc2N=C(N)C1. The second-order valence-electron chi connectivity index (χ2n) is 10.5. The molecule has 9 nitrogen and oxygen atoms in total. The normalized spacial score (nSPS) is 17.2. The number of carbonyl (C=O) groups excluding carboxylic acids is 2. The van der Waals surface area contributed by atoms with Crippen molar-refractivity contribution in [1.29, 1.82) is 0 Å². The summed E-state index contributed by atoms with van der Waals surface area (Å²) in [5.41, 5.74) is 10.3. The number of amidine groups is 1. The monoisotopic (exact) mass is 531 g/mol. The molecule has 39 heavy (non-hydrogen) atoms. The predicted octanol–water partition coefficient (Wildman–Crippen LogP) is 3.94. The summed E-state index contributed by atoms with van der Waals surface area (Å²) in [6.45, 7) is 8.32. The first-order valence-electron chi connectivity index (χ1n) is 14.0. The van der Waals surface area contributed by atoms with Gasteiger partial charge in [-0.05, 0) is 69.1 Å². The van der Waals surface area contributed by atoms with Crippen molar-refractivity contribution in [3.05, 3.63) is 58.9 Å². The van der Waals surface area contributed by atoms with Crippen LogP contribution >= 0.6 is 0 Å². The summed E-state index contributed by atoms with van der Waals surface area (Å²) in [6.07, 6.45) is 9.85. The number of aliphatic imine (C=N–C) groups is 1. The van der Waals surface area contributed by atoms with E-state index in [9.17, 15) is 9.59 Å². The molecule has 208 valence electrons. The summed E-state index contributed by atoms with van der Waals surface area (Å²) >= 11 is 0. The van der Waals surface area contributed by atoms with Gasteiger partial charge in [0.15, 0.2) is 0 Å². The summed E-state index contributed by atoms with van der Waals surface area (Å²) in [5, 5.41) is 6.46. The Kier molecular flexibility index (Phi) is 9.84. The Morgan fingerprint density at radius 3 is 2.67 bits per heavy atom. The topological polar surface area (TPSA) is 116 Å². The maximum Gasteiger partial charge on any atom is 0.255 e. The number of aromatic nitrogens is 1. The van der Waals surface area contributed by atoms with Crippen molar-refractivity contribution in [1.82, 2.24) is 20.1 Å².